The molecular formula is C12H17N3O4S. The zero-order valence-electron chi connectivity index (χ0n) is 11.1. The zero-order valence-corrected chi connectivity index (χ0v) is 11.9. The minimum Gasteiger partial charge on any atom is -0.315 e. The van der Waals surface area contributed by atoms with Gasteiger partial charge < -0.3 is 5.32 Å². The van der Waals surface area contributed by atoms with Crippen LogP contribution in [0, 0.1) is 16.0 Å². The van der Waals surface area contributed by atoms with Gasteiger partial charge in [-0.3, -0.25) is 10.1 Å². The Bertz CT molecular complexity index is 602. The van der Waals surface area contributed by atoms with Gasteiger partial charge in [-0.1, -0.05) is 13.0 Å². The van der Waals surface area contributed by atoms with Gasteiger partial charge in [-0.15, -0.1) is 0 Å². The summed E-state index contributed by atoms with van der Waals surface area (Å²) in [4.78, 5) is 10.0. The molecule has 2 atom stereocenters. The molecule has 0 amide bonds. The molecule has 110 valence electrons. The highest BCUT2D eigenvalue weighted by molar-refractivity contribution is 7.89. The van der Waals surface area contributed by atoms with Crippen LogP contribution < -0.4 is 10.0 Å². The maximum atomic E-state index is 12.3. The summed E-state index contributed by atoms with van der Waals surface area (Å²) < 4.78 is 27.1. The molecule has 1 aromatic rings. The Hall–Kier alpha value is -1.51. The number of benzene rings is 1. The van der Waals surface area contributed by atoms with E-state index in [1.165, 1.54) is 18.2 Å². The van der Waals surface area contributed by atoms with Gasteiger partial charge in [0.2, 0.25) is 10.0 Å². The molecule has 0 radical (unpaired) electrons. The third kappa shape index (κ3) is 3.33. The average molecular weight is 299 g/mol. The van der Waals surface area contributed by atoms with E-state index in [0.29, 0.717) is 6.54 Å². The largest absolute Gasteiger partial charge is 0.315 e. The SMILES string of the molecule is CC1CCNCC1NS(=O)(=O)c1cccc([N+](=O)[O-])c1. The Labute approximate surface area is 117 Å². The zero-order chi connectivity index (χ0) is 14.8. The van der Waals surface area contributed by atoms with Crippen molar-refractivity contribution in [3.8, 4) is 0 Å². The third-order valence-electron chi connectivity index (χ3n) is 3.47. The van der Waals surface area contributed by atoms with E-state index in [4.69, 9.17) is 0 Å². The van der Waals surface area contributed by atoms with E-state index < -0.39 is 14.9 Å². The second kappa shape index (κ2) is 5.86. The van der Waals surface area contributed by atoms with E-state index in [-0.39, 0.29) is 22.5 Å². The Morgan fingerprint density at radius 2 is 2.20 bits per heavy atom. The summed E-state index contributed by atoms with van der Waals surface area (Å²) in [6, 6.07) is 4.87. The number of hydrogen-bond donors (Lipinski definition) is 2. The summed E-state index contributed by atoms with van der Waals surface area (Å²) in [5.74, 6) is 0.227. The predicted octanol–water partition coefficient (Wildman–Crippen LogP) is 0.871. The summed E-state index contributed by atoms with van der Waals surface area (Å²) in [5, 5.41) is 13.8. The van der Waals surface area contributed by atoms with E-state index in [0.717, 1.165) is 19.0 Å². The monoisotopic (exact) mass is 299 g/mol. The van der Waals surface area contributed by atoms with Crippen molar-refractivity contribution < 1.29 is 13.3 Å². The molecule has 8 heteroatoms. The van der Waals surface area contributed by atoms with Crippen LogP contribution in [0.2, 0.25) is 0 Å². The summed E-state index contributed by atoms with van der Waals surface area (Å²) in [6.45, 7) is 3.42. The van der Waals surface area contributed by atoms with Crippen molar-refractivity contribution in [2.24, 2.45) is 5.92 Å². The molecule has 2 N–H and O–H groups in total. The Morgan fingerprint density at radius 1 is 1.45 bits per heavy atom. The highest BCUT2D eigenvalue weighted by Gasteiger charge is 2.27. The lowest BCUT2D eigenvalue weighted by molar-refractivity contribution is -0.385. The second-order valence-corrected chi connectivity index (χ2v) is 6.67. The van der Waals surface area contributed by atoms with Gasteiger partial charge in [0, 0.05) is 24.7 Å². The smallest absolute Gasteiger partial charge is 0.270 e. The lowest BCUT2D eigenvalue weighted by atomic mass is 9.96. The van der Waals surface area contributed by atoms with Crippen LogP contribution in [0.3, 0.4) is 0 Å². The van der Waals surface area contributed by atoms with Crippen molar-refractivity contribution in [2.75, 3.05) is 13.1 Å². The van der Waals surface area contributed by atoms with Crippen LogP contribution in [0.4, 0.5) is 5.69 Å². The molecule has 1 aliphatic rings. The lowest BCUT2D eigenvalue weighted by Crippen LogP contribution is -2.50. The third-order valence-corrected chi connectivity index (χ3v) is 4.96. The maximum absolute atomic E-state index is 12.3. The van der Waals surface area contributed by atoms with Crippen molar-refractivity contribution in [1.82, 2.24) is 10.0 Å². The van der Waals surface area contributed by atoms with Crippen molar-refractivity contribution in [3.63, 3.8) is 0 Å². The molecular weight excluding hydrogens is 282 g/mol. The van der Waals surface area contributed by atoms with Gasteiger partial charge in [0.25, 0.3) is 5.69 Å². The second-order valence-electron chi connectivity index (χ2n) is 4.95. The summed E-state index contributed by atoms with van der Waals surface area (Å²) in [5.41, 5.74) is -0.234. The molecule has 0 bridgehead atoms. The fraction of sp³-hybridized carbons (Fsp3) is 0.500. The quantitative estimate of drug-likeness (QED) is 0.634. The van der Waals surface area contributed by atoms with Crippen LogP contribution in [0.25, 0.3) is 0 Å². The predicted molar refractivity (Wildman–Crippen MR) is 73.9 cm³/mol. The van der Waals surface area contributed by atoms with Crippen molar-refractivity contribution in [1.29, 1.82) is 0 Å². The molecule has 7 nitrogen and oxygen atoms in total. The minimum absolute atomic E-state index is 0.0792. The van der Waals surface area contributed by atoms with Crippen molar-refractivity contribution in [3.05, 3.63) is 34.4 Å². The normalized spacial score (nSPS) is 23.4. The Balaban J connectivity index is 2.21. The maximum Gasteiger partial charge on any atom is 0.270 e. The van der Waals surface area contributed by atoms with E-state index in [1.54, 1.807) is 0 Å². The number of hydrogen-bond acceptors (Lipinski definition) is 5. The van der Waals surface area contributed by atoms with Crippen LogP contribution in [0.1, 0.15) is 13.3 Å². The van der Waals surface area contributed by atoms with Crippen LogP contribution >= 0.6 is 0 Å². The van der Waals surface area contributed by atoms with E-state index in [1.807, 2.05) is 6.92 Å². The number of nitro groups is 1. The van der Waals surface area contributed by atoms with Crippen molar-refractivity contribution in [2.45, 2.75) is 24.3 Å². The highest BCUT2D eigenvalue weighted by Crippen LogP contribution is 2.19. The highest BCUT2D eigenvalue weighted by atomic mass is 32.2. The summed E-state index contributed by atoms with van der Waals surface area (Å²) in [6.07, 6.45) is 0.891. The first-order chi connectivity index (χ1) is 9.40. The lowest BCUT2D eigenvalue weighted by Gasteiger charge is -2.29. The molecule has 1 aromatic carbocycles. The molecule has 0 aromatic heterocycles. The van der Waals surface area contributed by atoms with Crippen LogP contribution in [0.5, 0.6) is 0 Å². The first kappa shape index (κ1) is 14.9. The minimum atomic E-state index is -3.74. The summed E-state index contributed by atoms with van der Waals surface area (Å²) in [7, 11) is -3.74. The number of nitrogens with one attached hydrogen (secondary N) is 2. The number of piperidine rings is 1. The Kier molecular flexibility index (Phi) is 4.36. The molecule has 1 fully saturated rings. The van der Waals surface area contributed by atoms with Gasteiger partial charge in [0.1, 0.15) is 0 Å². The number of non-ortho nitro benzene ring substituents is 1. The van der Waals surface area contributed by atoms with Gasteiger partial charge in [-0.05, 0) is 24.9 Å². The van der Waals surface area contributed by atoms with E-state index in [2.05, 4.69) is 10.0 Å². The summed E-state index contributed by atoms with van der Waals surface area (Å²) >= 11 is 0. The van der Waals surface area contributed by atoms with Crippen LogP contribution in [-0.4, -0.2) is 32.5 Å². The number of nitro benzene ring substituents is 1. The molecule has 1 aliphatic heterocycles. The van der Waals surface area contributed by atoms with Gasteiger partial charge >= 0.3 is 0 Å². The van der Waals surface area contributed by atoms with Crippen LogP contribution in [-0.2, 0) is 10.0 Å². The molecule has 0 aliphatic carbocycles. The molecule has 0 spiro atoms. The van der Waals surface area contributed by atoms with E-state index >= 15 is 0 Å². The first-order valence-corrected chi connectivity index (χ1v) is 7.86. The molecule has 0 saturated carbocycles. The van der Waals surface area contributed by atoms with Gasteiger partial charge in [-0.2, -0.15) is 0 Å². The Morgan fingerprint density at radius 3 is 2.85 bits per heavy atom. The molecule has 1 heterocycles. The van der Waals surface area contributed by atoms with Gasteiger partial charge in [0.05, 0.1) is 9.82 Å². The number of sulfonamides is 1. The van der Waals surface area contributed by atoms with Crippen molar-refractivity contribution >= 4 is 15.7 Å². The number of rotatable bonds is 4. The fourth-order valence-corrected chi connectivity index (χ4v) is 3.56. The van der Waals surface area contributed by atoms with Crippen LogP contribution in [0.15, 0.2) is 29.2 Å². The molecule has 20 heavy (non-hydrogen) atoms. The first-order valence-electron chi connectivity index (χ1n) is 6.37. The molecule has 2 rings (SSSR count). The standard InChI is InChI=1S/C12H17N3O4S/c1-9-5-6-13-8-12(9)14-20(18,19)11-4-2-3-10(7-11)15(16)17/h2-4,7,9,12-14H,5-6,8H2,1H3. The average Bonchev–Trinajstić information content (AvgIpc) is 2.41. The van der Waals surface area contributed by atoms with Gasteiger partial charge in [-0.25, -0.2) is 13.1 Å². The van der Waals surface area contributed by atoms with Gasteiger partial charge in [0.15, 0.2) is 0 Å². The van der Waals surface area contributed by atoms with E-state index in [9.17, 15) is 18.5 Å². The topological polar surface area (TPSA) is 101 Å². The fourth-order valence-electron chi connectivity index (χ4n) is 2.18. The molecule has 1 saturated heterocycles. The number of nitrogens with zero attached hydrogens (tertiary/aromatic N) is 1. The molecule has 2 unspecified atom stereocenters.